The first-order valence-electron chi connectivity index (χ1n) is 10.4. The molecule has 4 rings (SSSR count). The van der Waals surface area contributed by atoms with E-state index in [9.17, 15) is 17.4 Å². The Bertz CT molecular complexity index is 1340. The van der Waals surface area contributed by atoms with E-state index < -0.39 is 33.6 Å². The molecule has 0 bridgehead atoms. The first kappa shape index (κ1) is 23.1. The first-order chi connectivity index (χ1) is 15.7. The van der Waals surface area contributed by atoms with Gasteiger partial charge in [0.2, 0.25) is 0 Å². The number of anilines is 1. The van der Waals surface area contributed by atoms with Gasteiger partial charge < -0.3 is 10.1 Å². The fourth-order valence-electron chi connectivity index (χ4n) is 4.04. The van der Waals surface area contributed by atoms with E-state index in [2.05, 4.69) is 10.3 Å². The van der Waals surface area contributed by atoms with Crippen LogP contribution in [0.15, 0.2) is 48.7 Å². The Labute approximate surface area is 190 Å². The number of halogens is 3. The summed E-state index contributed by atoms with van der Waals surface area (Å²) in [4.78, 5) is 4.41. The van der Waals surface area contributed by atoms with Gasteiger partial charge in [-0.05, 0) is 31.1 Å². The highest BCUT2D eigenvalue weighted by atomic mass is 32.2. The van der Waals surface area contributed by atoms with E-state index in [-0.39, 0.29) is 17.1 Å². The molecule has 0 amide bonds. The molecule has 0 radical (unpaired) electrons. The van der Waals surface area contributed by atoms with Crippen molar-refractivity contribution in [2.75, 3.05) is 23.9 Å². The molecule has 2 heterocycles. The lowest BCUT2D eigenvalue weighted by atomic mass is 9.98. The smallest absolute Gasteiger partial charge is 0.266 e. The quantitative estimate of drug-likeness (QED) is 0.437. The Morgan fingerprint density at radius 3 is 2.64 bits per heavy atom. The molecular weight excluding hydrogens is 451 g/mol. The molecule has 5 nitrogen and oxygen atoms in total. The Hall–Kier alpha value is -3.07. The van der Waals surface area contributed by atoms with Gasteiger partial charge in [-0.25, -0.2) is 17.4 Å². The molecular formula is C24H24F3N3O2S. The minimum atomic E-state index is -2.89. The van der Waals surface area contributed by atoms with Gasteiger partial charge in [-0.1, -0.05) is 24.3 Å². The number of pyridine rings is 1. The number of ether oxygens (including phenoxy) is 1. The van der Waals surface area contributed by atoms with Crippen LogP contribution in [0.2, 0.25) is 0 Å². The van der Waals surface area contributed by atoms with Gasteiger partial charge in [0.25, 0.3) is 6.43 Å². The molecule has 2 N–H and O–H groups in total. The van der Waals surface area contributed by atoms with E-state index in [0.717, 1.165) is 22.6 Å². The largest absolute Gasteiger partial charge is 0.496 e. The van der Waals surface area contributed by atoms with Crippen LogP contribution in [0.1, 0.15) is 42.5 Å². The third kappa shape index (κ3) is 4.68. The molecule has 1 aromatic heterocycles. The summed E-state index contributed by atoms with van der Waals surface area (Å²) < 4.78 is 66.3. The third-order valence-corrected chi connectivity index (χ3v) is 7.41. The van der Waals surface area contributed by atoms with Crippen LogP contribution in [0.4, 0.5) is 18.9 Å². The highest BCUT2D eigenvalue weighted by molar-refractivity contribution is 7.92. The van der Waals surface area contributed by atoms with Crippen LogP contribution >= 0.6 is 0 Å². The van der Waals surface area contributed by atoms with Crippen LogP contribution in [-0.4, -0.2) is 27.8 Å². The van der Waals surface area contributed by atoms with Crippen LogP contribution in [-0.2, 0) is 9.73 Å². The van der Waals surface area contributed by atoms with E-state index in [4.69, 9.17) is 9.52 Å². The number of rotatable bonds is 6. The van der Waals surface area contributed by atoms with E-state index in [1.807, 2.05) is 12.1 Å². The van der Waals surface area contributed by atoms with Crippen molar-refractivity contribution in [3.05, 3.63) is 71.2 Å². The number of hydrogen-bond acceptors (Lipinski definition) is 5. The van der Waals surface area contributed by atoms with Gasteiger partial charge in [-0.3, -0.25) is 9.76 Å². The maximum atomic E-state index is 14.7. The SMILES string of the molecule is COc1cc2nccc(N[C@H](C)c3cccc(C(F)F)c3F)c2cc1C1=CCS(=N)(=O)CC1. The van der Waals surface area contributed by atoms with Crippen LogP contribution < -0.4 is 10.1 Å². The van der Waals surface area contributed by atoms with Crippen LogP contribution in [0.25, 0.3) is 16.5 Å². The summed E-state index contributed by atoms with van der Waals surface area (Å²) in [5, 5.41) is 3.98. The minimum Gasteiger partial charge on any atom is -0.496 e. The van der Waals surface area contributed by atoms with E-state index >= 15 is 0 Å². The van der Waals surface area contributed by atoms with Gasteiger partial charge >= 0.3 is 0 Å². The Morgan fingerprint density at radius 1 is 1.21 bits per heavy atom. The topological polar surface area (TPSA) is 75.1 Å². The number of fused-ring (bicyclic) bond motifs is 1. The van der Waals surface area contributed by atoms with Crippen LogP contribution in [0.3, 0.4) is 0 Å². The molecule has 9 heteroatoms. The molecule has 1 aliphatic rings. The van der Waals surface area contributed by atoms with Crippen molar-refractivity contribution in [1.29, 1.82) is 4.78 Å². The zero-order chi connectivity index (χ0) is 23.8. The molecule has 0 aliphatic carbocycles. The fourth-order valence-corrected chi connectivity index (χ4v) is 5.23. The number of nitrogens with zero attached hydrogens (tertiary/aromatic N) is 1. The van der Waals surface area contributed by atoms with Crippen LogP contribution in [0, 0.1) is 10.6 Å². The predicted octanol–water partition coefficient (Wildman–Crippen LogP) is 6.33. The third-order valence-electron chi connectivity index (χ3n) is 5.84. The molecule has 1 aliphatic heterocycles. The monoisotopic (exact) mass is 475 g/mol. The van der Waals surface area contributed by atoms with Gasteiger partial charge in [-0.2, -0.15) is 0 Å². The van der Waals surface area contributed by atoms with E-state index in [1.165, 1.54) is 12.1 Å². The summed E-state index contributed by atoms with van der Waals surface area (Å²) in [7, 11) is -1.02. The number of hydrogen-bond donors (Lipinski definition) is 2. The van der Waals surface area contributed by atoms with Crippen LogP contribution in [0.5, 0.6) is 5.75 Å². The summed E-state index contributed by atoms with van der Waals surface area (Å²) in [5.74, 6) is 0.174. The first-order valence-corrected chi connectivity index (χ1v) is 12.3. The number of benzene rings is 2. The van der Waals surface area contributed by atoms with Gasteiger partial charge in [-0.15, -0.1) is 0 Å². The second-order valence-electron chi connectivity index (χ2n) is 8.01. The second-order valence-corrected chi connectivity index (χ2v) is 10.4. The molecule has 2 aromatic carbocycles. The van der Waals surface area contributed by atoms with Gasteiger partial charge in [0.1, 0.15) is 11.6 Å². The van der Waals surface area contributed by atoms with Crippen molar-refractivity contribution < 1.29 is 22.1 Å². The zero-order valence-electron chi connectivity index (χ0n) is 18.2. The van der Waals surface area contributed by atoms with Crippen molar-refractivity contribution in [2.24, 2.45) is 0 Å². The Balaban J connectivity index is 1.75. The Morgan fingerprint density at radius 2 is 1.97 bits per heavy atom. The minimum absolute atomic E-state index is 0.145. The van der Waals surface area contributed by atoms with E-state index in [0.29, 0.717) is 23.4 Å². The summed E-state index contributed by atoms with van der Waals surface area (Å²) in [6.07, 6.45) is 1.03. The van der Waals surface area contributed by atoms with Crippen molar-refractivity contribution in [3.63, 3.8) is 0 Å². The lowest BCUT2D eigenvalue weighted by Crippen LogP contribution is -2.14. The molecule has 1 unspecified atom stereocenters. The number of allylic oxidation sites excluding steroid dienone is 1. The number of nitrogens with one attached hydrogen (secondary N) is 2. The molecule has 0 fully saturated rings. The highest BCUT2D eigenvalue weighted by Gasteiger charge is 2.21. The normalized spacial score (nSPS) is 19.4. The summed E-state index contributed by atoms with van der Waals surface area (Å²) in [6, 6.07) is 8.87. The zero-order valence-corrected chi connectivity index (χ0v) is 19.0. The van der Waals surface area contributed by atoms with Crippen molar-refractivity contribution >= 4 is 31.9 Å². The fraction of sp³-hybridized carbons (Fsp3) is 0.292. The summed E-state index contributed by atoms with van der Waals surface area (Å²) in [6.45, 7) is 1.71. The second kappa shape index (κ2) is 9.05. The summed E-state index contributed by atoms with van der Waals surface area (Å²) >= 11 is 0. The molecule has 2 atom stereocenters. The highest BCUT2D eigenvalue weighted by Crippen LogP contribution is 2.37. The number of aromatic nitrogens is 1. The van der Waals surface area contributed by atoms with Crippen molar-refractivity contribution in [1.82, 2.24) is 4.98 Å². The molecule has 0 saturated heterocycles. The number of alkyl halides is 2. The molecule has 0 spiro atoms. The lowest BCUT2D eigenvalue weighted by molar-refractivity contribution is 0.146. The van der Waals surface area contributed by atoms with Crippen molar-refractivity contribution in [3.8, 4) is 5.75 Å². The van der Waals surface area contributed by atoms with Gasteiger partial charge in [0.05, 0.1) is 30.0 Å². The molecule has 3 aromatic rings. The van der Waals surface area contributed by atoms with Crippen molar-refractivity contribution in [2.45, 2.75) is 25.8 Å². The summed E-state index contributed by atoms with van der Waals surface area (Å²) in [5.41, 5.74) is 2.59. The number of methoxy groups -OCH3 is 1. The average Bonchev–Trinajstić information content (AvgIpc) is 2.78. The maximum absolute atomic E-state index is 14.7. The maximum Gasteiger partial charge on any atom is 0.266 e. The lowest BCUT2D eigenvalue weighted by Gasteiger charge is -2.21. The standard InChI is InChI=1S/C24H24F3N3O2S/c1-14(16-4-3-5-17(23(16)25)24(26)27)30-20-6-9-29-21-13-22(32-2)18(12-19(20)21)15-7-10-33(28,31)11-8-15/h3-7,9,12-14,24,28H,8,10-11H2,1-2H3,(H,29,30)/t14-,33?/m1/s1. The van der Waals surface area contributed by atoms with Gasteiger partial charge in [0.15, 0.2) is 0 Å². The van der Waals surface area contributed by atoms with Gasteiger partial charge in [0, 0.05) is 49.9 Å². The molecule has 33 heavy (non-hydrogen) atoms. The molecule has 174 valence electrons. The predicted molar refractivity (Wildman–Crippen MR) is 125 cm³/mol. The molecule has 0 saturated carbocycles. The Kier molecular flexibility index (Phi) is 6.34. The van der Waals surface area contributed by atoms with E-state index in [1.54, 1.807) is 32.4 Å². The average molecular weight is 476 g/mol.